The second-order valence-electron chi connectivity index (χ2n) is 4.02. The predicted octanol–water partition coefficient (Wildman–Crippen LogP) is 1.18. The molecule has 0 spiro atoms. The van der Waals surface area contributed by atoms with E-state index in [1.165, 1.54) is 11.1 Å². The highest BCUT2D eigenvalue weighted by molar-refractivity contribution is 9.10. The Balaban J connectivity index is 2.34. The van der Waals surface area contributed by atoms with E-state index in [2.05, 4.69) is 46.4 Å². The van der Waals surface area contributed by atoms with E-state index in [0.717, 1.165) is 24.0 Å². The quantitative estimate of drug-likeness (QED) is 0.688. The molecule has 0 aliphatic heterocycles. The molecule has 0 aromatic heterocycles. The number of hydrogen-bond acceptors (Lipinski definition) is 3. The number of aryl methyl sites for hydroxylation is 1. The first-order valence-corrected chi connectivity index (χ1v) is 6.34. The molecule has 0 saturated heterocycles. The Labute approximate surface area is 106 Å². The maximum absolute atomic E-state index is 5.71. The minimum atomic E-state index is 0.0589. The van der Waals surface area contributed by atoms with Crippen molar-refractivity contribution in [1.29, 1.82) is 0 Å². The molecule has 0 aliphatic rings. The number of rotatable bonds is 6. The second kappa shape index (κ2) is 7.01. The Bertz CT molecular complexity index is 328. The minimum absolute atomic E-state index is 0.0589. The molecule has 0 amide bonds. The van der Waals surface area contributed by atoms with Crippen molar-refractivity contribution >= 4 is 15.9 Å². The van der Waals surface area contributed by atoms with Crippen LogP contribution in [0.4, 0.5) is 0 Å². The van der Waals surface area contributed by atoms with Crippen LogP contribution >= 0.6 is 15.9 Å². The molecule has 0 heterocycles. The van der Waals surface area contributed by atoms with Gasteiger partial charge in [0.1, 0.15) is 0 Å². The van der Waals surface area contributed by atoms with E-state index in [1.54, 1.807) is 0 Å². The first-order chi connectivity index (χ1) is 7.63. The van der Waals surface area contributed by atoms with Crippen molar-refractivity contribution < 1.29 is 0 Å². The number of nitrogens with one attached hydrogen (secondary N) is 1. The van der Waals surface area contributed by atoms with Crippen LogP contribution in [0.25, 0.3) is 0 Å². The van der Waals surface area contributed by atoms with Gasteiger partial charge in [-0.05, 0) is 43.1 Å². The lowest BCUT2D eigenvalue weighted by Crippen LogP contribution is -2.40. The van der Waals surface area contributed by atoms with Crippen LogP contribution in [0.15, 0.2) is 22.7 Å². The molecule has 1 aromatic rings. The van der Waals surface area contributed by atoms with Gasteiger partial charge < -0.3 is 16.8 Å². The fourth-order valence-electron chi connectivity index (χ4n) is 1.50. The molecule has 1 atom stereocenters. The summed E-state index contributed by atoms with van der Waals surface area (Å²) >= 11 is 3.48. The van der Waals surface area contributed by atoms with Gasteiger partial charge in [0.05, 0.1) is 0 Å². The summed E-state index contributed by atoms with van der Waals surface area (Å²) in [7, 11) is 0. The van der Waals surface area contributed by atoms with Crippen LogP contribution < -0.4 is 16.8 Å². The molecule has 1 unspecified atom stereocenters. The highest BCUT2D eigenvalue weighted by Crippen LogP contribution is 2.16. The van der Waals surface area contributed by atoms with Gasteiger partial charge in [-0.3, -0.25) is 0 Å². The molecule has 0 aliphatic carbocycles. The van der Waals surface area contributed by atoms with E-state index in [1.807, 2.05) is 0 Å². The molecule has 4 heteroatoms. The smallest absolute Gasteiger partial charge is 0.0290 e. The molecule has 5 N–H and O–H groups in total. The standard InChI is InChI=1S/C12H20BrN3/c1-9-2-3-11(13)6-10(9)4-5-16-8-12(15)7-14/h2-3,6,12,16H,4-5,7-8,14-15H2,1H3. The van der Waals surface area contributed by atoms with E-state index in [-0.39, 0.29) is 6.04 Å². The average molecular weight is 286 g/mol. The fraction of sp³-hybridized carbons (Fsp3) is 0.500. The number of benzene rings is 1. The SMILES string of the molecule is Cc1ccc(Br)cc1CCNCC(N)CN. The molecule has 1 rings (SSSR count). The molecule has 0 fully saturated rings. The Morgan fingerprint density at radius 2 is 2.19 bits per heavy atom. The van der Waals surface area contributed by atoms with Crippen molar-refractivity contribution in [3.05, 3.63) is 33.8 Å². The summed E-state index contributed by atoms with van der Waals surface area (Å²) in [6.07, 6.45) is 1.02. The Hall–Kier alpha value is -0.420. The summed E-state index contributed by atoms with van der Waals surface area (Å²) in [5, 5.41) is 3.31. The molecular weight excluding hydrogens is 266 g/mol. The van der Waals surface area contributed by atoms with Crippen LogP contribution in [-0.2, 0) is 6.42 Å². The maximum atomic E-state index is 5.71. The van der Waals surface area contributed by atoms with Crippen molar-refractivity contribution in [3.63, 3.8) is 0 Å². The van der Waals surface area contributed by atoms with Crippen molar-refractivity contribution in [2.75, 3.05) is 19.6 Å². The summed E-state index contributed by atoms with van der Waals surface area (Å²) in [6.45, 7) is 4.38. The zero-order valence-electron chi connectivity index (χ0n) is 9.67. The Kier molecular flexibility index (Phi) is 5.98. The number of halogens is 1. The van der Waals surface area contributed by atoms with E-state index in [4.69, 9.17) is 11.5 Å². The third-order valence-electron chi connectivity index (χ3n) is 2.59. The molecule has 0 saturated carbocycles. The Morgan fingerprint density at radius 3 is 2.88 bits per heavy atom. The number of hydrogen-bond donors (Lipinski definition) is 3. The molecule has 16 heavy (non-hydrogen) atoms. The van der Waals surface area contributed by atoms with Crippen molar-refractivity contribution in [1.82, 2.24) is 5.32 Å². The van der Waals surface area contributed by atoms with Crippen molar-refractivity contribution in [3.8, 4) is 0 Å². The predicted molar refractivity (Wildman–Crippen MR) is 72.5 cm³/mol. The summed E-state index contributed by atoms with van der Waals surface area (Å²) in [6, 6.07) is 6.42. The summed E-state index contributed by atoms with van der Waals surface area (Å²) in [5.74, 6) is 0. The van der Waals surface area contributed by atoms with Gasteiger partial charge in [-0.2, -0.15) is 0 Å². The van der Waals surface area contributed by atoms with Crippen LogP contribution in [0, 0.1) is 6.92 Å². The highest BCUT2D eigenvalue weighted by atomic mass is 79.9. The van der Waals surface area contributed by atoms with E-state index < -0.39 is 0 Å². The van der Waals surface area contributed by atoms with Crippen molar-refractivity contribution in [2.45, 2.75) is 19.4 Å². The monoisotopic (exact) mass is 285 g/mol. The second-order valence-corrected chi connectivity index (χ2v) is 4.94. The number of nitrogens with two attached hydrogens (primary N) is 2. The lowest BCUT2D eigenvalue weighted by Gasteiger charge is -2.11. The van der Waals surface area contributed by atoms with Crippen LogP contribution in [0.5, 0.6) is 0 Å². The highest BCUT2D eigenvalue weighted by Gasteiger charge is 2.01. The first kappa shape index (κ1) is 13.6. The molecule has 0 bridgehead atoms. The Morgan fingerprint density at radius 1 is 1.44 bits per heavy atom. The minimum Gasteiger partial charge on any atom is -0.329 e. The van der Waals surface area contributed by atoms with Crippen molar-refractivity contribution in [2.24, 2.45) is 11.5 Å². The zero-order chi connectivity index (χ0) is 12.0. The lowest BCUT2D eigenvalue weighted by molar-refractivity contribution is 0.583. The van der Waals surface area contributed by atoms with Gasteiger partial charge in [-0.15, -0.1) is 0 Å². The summed E-state index contributed by atoms with van der Waals surface area (Å²) < 4.78 is 1.13. The third kappa shape index (κ3) is 4.61. The van der Waals surface area contributed by atoms with Gasteiger partial charge in [-0.25, -0.2) is 0 Å². The van der Waals surface area contributed by atoms with E-state index in [0.29, 0.717) is 6.54 Å². The topological polar surface area (TPSA) is 64.1 Å². The maximum Gasteiger partial charge on any atom is 0.0290 e. The zero-order valence-corrected chi connectivity index (χ0v) is 11.3. The molecule has 0 radical (unpaired) electrons. The van der Waals surface area contributed by atoms with Crippen LogP contribution in [-0.4, -0.2) is 25.7 Å². The van der Waals surface area contributed by atoms with Gasteiger partial charge in [0.15, 0.2) is 0 Å². The largest absolute Gasteiger partial charge is 0.329 e. The third-order valence-corrected chi connectivity index (χ3v) is 3.08. The van der Waals surface area contributed by atoms with Gasteiger partial charge in [0, 0.05) is 23.6 Å². The summed E-state index contributed by atoms with van der Waals surface area (Å²) in [5.41, 5.74) is 13.8. The summed E-state index contributed by atoms with van der Waals surface area (Å²) in [4.78, 5) is 0. The first-order valence-electron chi connectivity index (χ1n) is 5.55. The fourth-order valence-corrected chi connectivity index (χ4v) is 1.91. The molecule has 90 valence electrons. The van der Waals surface area contributed by atoms with Gasteiger partial charge in [0.25, 0.3) is 0 Å². The van der Waals surface area contributed by atoms with Crippen LogP contribution in [0.2, 0.25) is 0 Å². The molecule has 1 aromatic carbocycles. The van der Waals surface area contributed by atoms with Gasteiger partial charge in [-0.1, -0.05) is 22.0 Å². The average Bonchev–Trinajstić information content (AvgIpc) is 2.28. The van der Waals surface area contributed by atoms with E-state index >= 15 is 0 Å². The molecule has 3 nitrogen and oxygen atoms in total. The van der Waals surface area contributed by atoms with Crippen LogP contribution in [0.3, 0.4) is 0 Å². The van der Waals surface area contributed by atoms with Crippen LogP contribution in [0.1, 0.15) is 11.1 Å². The van der Waals surface area contributed by atoms with E-state index in [9.17, 15) is 0 Å². The normalized spacial score (nSPS) is 12.8. The van der Waals surface area contributed by atoms with Gasteiger partial charge in [0.2, 0.25) is 0 Å². The molecular formula is C12H20BrN3. The van der Waals surface area contributed by atoms with Gasteiger partial charge >= 0.3 is 0 Å². The lowest BCUT2D eigenvalue weighted by atomic mass is 10.1.